The van der Waals surface area contributed by atoms with Crippen LogP contribution in [0.1, 0.15) is 6.92 Å². The second-order valence-electron chi connectivity index (χ2n) is 1.59. The molecule has 0 N–H and O–H groups in total. The second-order valence-corrected chi connectivity index (χ2v) is 1.59. The molecule has 0 aromatic carbocycles. The van der Waals surface area contributed by atoms with Gasteiger partial charge in [-0.3, -0.25) is 0 Å². The average Bonchev–Trinajstić information content (AvgIpc) is 1.35. The van der Waals surface area contributed by atoms with Crippen LogP contribution in [0.5, 0.6) is 0 Å². The highest BCUT2D eigenvalue weighted by Crippen LogP contribution is 1.74. The van der Waals surface area contributed by atoms with Crippen molar-refractivity contribution in [1.82, 2.24) is 4.90 Å². The number of nitrogens with zero attached hydrogens (tertiary/aromatic N) is 1. The van der Waals surface area contributed by atoms with Crippen molar-refractivity contribution in [1.29, 1.82) is 0 Å². The summed E-state index contributed by atoms with van der Waals surface area (Å²) in [5.74, 6) is 0. The second kappa shape index (κ2) is 3.16. The first-order chi connectivity index (χ1) is 2.77. The summed E-state index contributed by atoms with van der Waals surface area (Å²) in [6, 6.07) is 0. The summed E-state index contributed by atoms with van der Waals surface area (Å²) < 4.78 is 0. The van der Waals surface area contributed by atoms with Gasteiger partial charge in [0, 0.05) is 6.54 Å². The van der Waals surface area contributed by atoms with Crippen molar-refractivity contribution in [3.63, 3.8) is 0 Å². The van der Waals surface area contributed by atoms with Gasteiger partial charge in [-0.25, -0.2) is 0 Å². The summed E-state index contributed by atoms with van der Waals surface area (Å²) in [6.45, 7) is 2.89. The number of rotatable bonds is 2. The van der Waals surface area contributed by atoms with Gasteiger partial charge in [-0.2, -0.15) is 0 Å². The molecule has 0 atom stereocenters. The molecule has 0 amide bonds. The Balaban J connectivity index is 2.63. The Morgan fingerprint density at radius 3 is 2.00 bits per heavy atom. The highest BCUT2D eigenvalue weighted by atomic mass is 15.0. The summed E-state index contributed by atoms with van der Waals surface area (Å²) in [7, 11) is 4.05. The monoisotopic (exact) mass is 85.1 g/mol. The molecule has 1 nitrogen and oxygen atoms in total. The van der Waals surface area contributed by atoms with E-state index in [1.807, 2.05) is 21.0 Å². The van der Waals surface area contributed by atoms with Crippen molar-refractivity contribution in [2.75, 3.05) is 20.6 Å². The number of hydrogen-bond acceptors (Lipinski definition) is 1. The van der Waals surface area contributed by atoms with Crippen molar-refractivity contribution in [3.8, 4) is 0 Å². The molecule has 0 aliphatic carbocycles. The van der Waals surface area contributed by atoms with E-state index in [9.17, 15) is 0 Å². The molecule has 2 radical (unpaired) electrons. The SMILES string of the molecule is C[C]CN(C)C. The molecule has 0 aliphatic heterocycles. The zero-order valence-corrected chi connectivity index (χ0v) is 4.65. The average molecular weight is 85.1 g/mol. The van der Waals surface area contributed by atoms with Crippen LogP contribution in [0.4, 0.5) is 0 Å². The lowest BCUT2D eigenvalue weighted by Crippen LogP contribution is -2.11. The molecule has 0 aromatic rings. The molecule has 0 heterocycles. The normalized spacial score (nSPS) is 10.0. The maximum Gasteiger partial charge on any atom is 0.00411 e. The van der Waals surface area contributed by atoms with Crippen LogP contribution >= 0.6 is 0 Å². The van der Waals surface area contributed by atoms with Crippen LogP contribution in [-0.2, 0) is 0 Å². The molecule has 36 valence electrons. The van der Waals surface area contributed by atoms with E-state index in [1.165, 1.54) is 0 Å². The number of hydrogen-bond donors (Lipinski definition) is 0. The Morgan fingerprint density at radius 1 is 1.50 bits per heavy atom. The molecular formula is C5H11N. The molecule has 0 bridgehead atoms. The first-order valence-corrected chi connectivity index (χ1v) is 2.06. The van der Waals surface area contributed by atoms with E-state index >= 15 is 0 Å². The van der Waals surface area contributed by atoms with E-state index in [0.717, 1.165) is 6.54 Å². The minimum atomic E-state index is 0.958. The quantitative estimate of drug-likeness (QED) is 0.476. The molecule has 0 rings (SSSR count). The van der Waals surface area contributed by atoms with E-state index in [-0.39, 0.29) is 0 Å². The third-order valence-electron chi connectivity index (χ3n) is 0.474. The lowest BCUT2D eigenvalue weighted by atomic mass is 10.5. The molecule has 0 fully saturated rings. The fraction of sp³-hybridized carbons (Fsp3) is 0.800. The van der Waals surface area contributed by atoms with Crippen LogP contribution in [0.3, 0.4) is 0 Å². The van der Waals surface area contributed by atoms with E-state index in [4.69, 9.17) is 0 Å². The van der Waals surface area contributed by atoms with Crippen molar-refractivity contribution in [2.24, 2.45) is 0 Å². The molecular weight excluding hydrogens is 74.1 g/mol. The van der Waals surface area contributed by atoms with Crippen molar-refractivity contribution < 1.29 is 0 Å². The van der Waals surface area contributed by atoms with Gasteiger partial charge in [-0.1, -0.05) is 6.92 Å². The smallest absolute Gasteiger partial charge is 0.00411 e. The van der Waals surface area contributed by atoms with Crippen LogP contribution < -0.4 is 0 Å². The van der Waals surface area contributed by atoms with Crippen LogP contribution in [0, 0.1) is 6.42 Å². The Morgan fingerprint density at radius 2 is 2.00 bits per heavy atom. The van der Waals surface area contributed by atoms with Crippen molar-refractivity contribution in [2.45, 2.75) is 6.92 Å². The Labute approximate surface area is 40.0 Å². The molecule has 0 unspecified atom stereocenters. The van der Waals surface area contributed by atoms with Gasteiger partial charge in [0.2, 0.25) is 0 Å². The van der Waals surface area contributed by atoms with E-state index in [0.29, 0.717) is 0 Å². The van der Waals surface area contributed by atoms with Crippen LogP contribution in [-0.4, -0.2) is 25.5 Å². The maximum atomic E-state index is 2.99. The molecule has 0 aromatic heterocycles. The zero-order chi connectivity index (χ0) is 4.99. The topological polar surface area (TPSA) is 3.24 Å². The zero-order valence-electron chi connectivity index (χ0n) is 4.65. The third-order valence-corrected chi connectivity index (χ3v) is 0.474. The summed E-state index contributed by atoms with van der Waals surface area (Å²) >= 11 is 0. The Bertz CT molecular complexity index is 25.1. The highest BCUT2D eigenvalue weighted by Gasteiger charge is 1.80. The maximum absolute atomic E-state index is 2.99. The van der Waals surface area contributed by atoms with Gasteiger partial charge in [0.15, 0.2) is 0 Å². The van der Waals surface area contributed by atoms with Gasteiger partial charge in [0.05, 0.1) is 0 Å². The predicted octanol–water partition coefficient (Wildman–Crippen LogP) is 0.649. The fourth-order valence-corrected chi connectivity index (χ4v) is 0.316. The fourth-order valence-electron chi connectivity index (χ4n) is 0.316. The largest absolute Gasteiger partial charge is 0.309 e. The third kappa shape index (κ3) is 3.96. The predicted molar refractivity (Wildman–Crippen MR) is 27.5 cm³/mol. The van der Waals surface area contributed by atoms with Crippen molar-refractivity contribution >= 4 is 0 Å². The molecule has 0 saturated heterocycles. The highest BCUT2D eigenvalue weighted by molar-refractivity contribution is 4.57. The Hall–Kier alpha value is -0.0400. The lowest BCUT2D eigenvalue weighted by Gasteiger charge is -2.03. The van der Waals surface area contributed by atoms with Gasteiger partial charge < -0.3 is 4.90 Å². The summed E-state index contributed by atoms with van der Waals surface area (Å²) in [5, 5.41) is 0. The standard InChI is InChI=1S/C5H11N/c1-4-5-6(2)3/h5H2,1-3H3. The lowest BCUT2D eigenvalue weighted by molar-refractivity contribution is 0.443. The summed E-state index contributed by atoms with van der Waals surface area (Å²) in [6.07, 6.45) is 2.99. The first kappa shape index (κ1) is 5.96. The molecule has 6 heavy (non-hydrogen) atoms. The Kier molecular flexibility index (Phi) is 3.14. The van der Waals surface area contributed by atoms with E-state index in [2.05, 4.69) is 11.3 Å². The van der Waals surface area contributed by atoms with Crippen LogP contribution in [0.25, 0.3) is 0 Å². The molecule has 0 saturated carbocycles. The van der Waals surface area contributed by atoms with E-state index < -0.39 is 0 Å². The summed E-state index contributed by atoms with van der Waals surface area (Å²) in [5.41, 5.74) is 0. The van der Waals surface area contributed by atoms with Gasteiger partial charge in [-0.15, -0.1) is 0 Å². The molecule has 1 heteroatoms. The summed E-state index contributed by atoms with van der Waals surface area (Å²) in [4.78, 5) is 2.07. The van der Waals surface area contributed by atoms with Crippen molar-refractivity contribution in [3.05, 3.63) is 6.42 Å². The van der Waals surface area contributed by atoms with Gasteiger partial charge in [0.25, 0.3) is 0 Å². The van der Waals surface area contributed by atoms with Crippen LogP contribution in [0.2, 0.25) is 0 Å². The van der Waals surface area contributed by atoms with E-state index in [1.54, 1.807) is 0 Å². The van der Waals surface area contributed by atoms with Crippen LogP contribution in [0.15, 0.2) is 0 Å². The molecule has 0 spiro atoms. The van der Waals surface area contributed by atoms with Gasteiger partial charge in [0.1, 0.15) is 0 Å². The molecule has 0 aliphatic rings. The first-order valence-electron chi connectivity index (χ1n) is 2.06. The van der Waals surface area contributed by atoms with Gasteiger partial charge in [-0.05, 0) is 20.5 Å². The van der Waals surface area contributed by atoms with Gasteiger partial charge >= 0.3 is 0 Å². The minimum Gasteiger partial charge on any atom is -0.309 e. The minimum absolute atomic E-state index is 0.958.